The molecule has 0 aromatic rings. The molecule has 1 heterocycles. The lowest BCUT2D eigenvalue weighted by molar-refractivity contribution is -0.128. The summed E-state index contributed by atoms with van der Waals surface area (Å²) in [5.74, 6) is 0.169. The molecule has 1 rings (SSSR count). The number of hydrogen-bond acceptors (Lipinski definition) is 2. The van der Waals surface area contributed by atoms with Crippen molar-refractivity contribution in [3.05, 3.63) is 0 Å². The summed E-state index contributed by atoms with van der Waals surface area (Å²) >= 11 is 0. The van der Waals surface area contributed by atoms with Crippen LogP contribution in [0.5, 0.6) is 0 Å². The topological polar surface area (TPSA) is 49.4 Å². The number of carbonyl (C=O) groups is 2. The van der Waals surface area contributed by atoms with Gasteiger partial charge in [-0.25, -0.2) is 0 Å². The van der Waals surface area contributed by atoms with Crippen LogP contribution in [0.25, 0.3) is 0 Å². The first-order valence-electron chi connectivity index (χ1n) is 4.22. The number of nitrogens with one attached hydrogen (secondary N) is 1. The summed E-state index contributed by atoms with van der Waals surface area (Å²) in [6, 6.07) is 0. The Labute approximate surface area is 71.9 Å². The first-order valence-corrected chi connectivity index (χ1v) is 4.22. The average Bonchev–Trinajstić information content (AvgIpc) is 2.36. The van der Waals surface area contributed by atoms with Gasteiger partial charge in [0.1, 0.15) is 0 Å². The van der Waals surface area contributed by atoms with Crippen LogP contribution in [0.4, 0.5) is 0 Å². The van der Waals surface area contributed by atoms with Crippen LogP contribution in [0.15, 0.2) is 0 Å². The first-order chi connectivity index (χ1) is 5.70. The summed E-state index contributed by atoms with van der Waals surface area (Å²) in [5.41, 5.74) is 0. The molecule has 0 spiro atoms. The van der Waals surface area contributed by atoms with Crippen LogP contribution in [-0.4, -0.2) is 36.3 Å². The lowest BCUT2D eigenvalue weighted by atomic mass is 10.4. The van der Waals surface area contributed by atoms with Crippen molar-refractivity contribution in [2.24, 2.45) is 0 Å². The summed E-state index contributed by atoms with van der Waals surface area (Å²) in [7, 11) is 0. The Kier molecular flexibility index (Phi) is 3.08. The molecule has 0 radical (unpaired) electrons. The van der Waals surface area contributed by atoms with E-state index in [0.29, 0.717) is 19.5 Å². The highest BCUT2D eigenvalue weighted by molar-refractivity contribution is 5.78. The maximum absolute atomic E-state index is 11.1. The van der Waals surface area contributed by atoms with Crippen molar-refractivity contribution >= 4 is 11.8 Å². The van der Waals surface area contributed by atoms with Gasteiger partial charge < -0.3 is 10.2 Å². The van der Waals surface area contributed by atoms with E-state index in [1.807, 2.05) is 0 Å². The zero-order valence-corrected chi connectivity index (χ0v) is 7.30. The molecule has 12 heavy (non-hydrogen) atoms. The SMILES string of the molecule is CC(=O)NCCN1CCCC1=O. The Morgan fingerprint density at radius 1 is 1.67 bits per heavy atom. The minimum absolute atomic E-state index is 0.0401. The summed E-state index contributed by atoms with van der Waals surface area (Å²) in [6.45, 7) is 3.55. The van der Waals surface area contributed by atoms with Gasteiger partial charge in [0.25, 0.3) is 0 Å². The molecule has 0 saturated carbocycles. The van der Waals surface area contributed by atoms with Gasteiger partial charge in [0.05, 0.1) is 0 Å². The molecule has 68 valence electrons. The molecule has 1 saturated heterocycles. The van der Waals surface area contributed by atoms with Crippen LogP contribution < -0.4 is 5.32 Å². The highest BCUT2D eigenvalue weighted by Crippen LogP contribution is 2.07. The molecule has 1 fully saturated rings. The van der Waals surface area contributed by atoms with Crippen molar-refractivity contribution in [2.75, 3.05) is 19.6 Å². The summed E-state index contributed by atoms with van der Waals surface area (Å²) in [6.07, 6.45) is 1.62. The van der Waals surface area contributed by atoms with Crippen LogP contribution in [-0.2, 0) is 9.59 Å². The Bertz CT molecular complexity index is 191. The number of carbonyl (C=O) groups excluding carboxylic acids is 2. The predicted octanol–water partition coefficient (Wildman–Crippen LogP) is -0.255. The normalized spacial score (nSPS) is 16.8. The third-order valence-corrected chi connectivity index (χ3v) is 1.93. The molecule has 0 atom stereocenters. The van der Waals surface area contributed by atoms with Crippen LogP contribution in [0.2, 0.25) is 0 Å². The highest BCUT2D eigenvalue weighted by Gasteiger charge is 2.18. The highest BCUT2D eigenvalue weighted by atomic mass is 16.2. The summed E-state index contributed by atoms with van der Waals surface area (Å²) < 4.78 is 0. The maximum Gasteiger partial charge on any atom is 0.222 e. The minimum Gasteiger partial charge on any atom is -0.355 e. The number of rotatable bonds is 3. The molecule has 0 aliphatic carbocycles. The fraction of sp³-hybridized carbons (Fsp3) is 0.750. The van der Waals surface area contributed by atoms with Crippen molar-refractivity contribution in [1.29, 1.82) is 0 Å². The van der Waals surface area contributed by atoms with Crippen LogP contribution in [0, 0.1) is 0 Å². The second-order valence-electron chi connectivity index (χ2n) is 2.97. The third-order valence-electron chi connectivity index (χ3n) is 1.93. The molecule has 0 aromatic carbocycles. The first kappa shape index (κ1) is 9.03. The molecular weight excluding hydrogens is 156 g/mol. The largest absolute Gasteiger partial charge is 0.355 e. The maximum atomic E-state index is 11.1. The molecule has 0 aromatic heterocycles. The van der Waals surface area contributed by atoms with E-state index in [9.17, 15) is 9.59 Å². The van der Waals surface area contributed by atoms with Crippen LogP contribution in [0.3, 0.4) is 0 Å². The molecule has 1 aliphatic rings. The van der Waals surface area contributed by atoms with E-state index in [4.69, 9.17) is 0 Å². The van der Waals surface area contributed by atoms with E-state index in [1.165, 1.54) is 6.92 Å². The second-order valence-corrected chi connectivity index (χ2v) is 2.97. The standard InChI is InChI=1S/C8H14N2O2/c1-7(11)9-4-6-10-5-2-3-8(10)12/h2-6H2,1H3,(H,9,11). The molecule has 0 unspecified atom stereocenters. The molecule has 4 nitrogen and oxygen atoms in total. The van der Waals surface area contributed by atoms with Gasteiger partial charge in [-0.15, -0.1) is 0 Å². The Hall–Kier alpha value is -1.06. The summed E-state index contributed by atoms with van der Waals surface area (Å²) in [5, 5.41) is 2.66. The molecule has 4 heteroatoms. The number of likely N-dealkylation sites (tertiary alicyclic amines) is 1. The second kappa shape index (κ2) is 4.09. The van der Waals surface area contributed by atoms with E-state index >= 15 is 0 Å². The quantitative estimate of drug-likeness (QED) is 0.634. The van der Waals surface area contributed by atoms with E-state index in [-0.39, 0.29) is 11.8 Å². The van der Waals surface area contributed by atoms with E-state index < -0.39 is 0 Å². The average molecular weight is 170 g/mol. The van der Waals surface area contributed by atoms with Crippen LogP contribution >= 0.6 is 0 Å². The van der Waals surface area contributed by atoms with Gasteiger partial charge in [0, 0.05) is 33.0 Å². The summed E-state index contributed by atoms with van der Waals surface area (Å²) in [4.78, 5) is 23.3. The van der Waals surface area contributed by atoms with Gasteiger partial charge in [-0.05, 0) is 6.42 Å². The van der Waals surface area contributed by atoms with Gasteiger partial charge in [-0.1, -0.05) is 0 Å². The zero-order valence-electron chi connectivity index (χ0n) is 7.30. The smallest absolute Gasteiger partial charge is 0.222 e. The third kappa shape index (κ3) is 2.53. The van der Waals surface area contributed by atoms with E-state index in [0.717, 1.165) is 13.0 Å². The Balaban J connectivity index is 2.14. The number of amides is 2. The van der Waals surface area contributed by atoms with Gasteiger partial charge in [-0.2, -0.15) is 0 Å². The number of nitrogens with zero attached hydrogens (tertiary/aromatic N) is 1. The van der Waals surface area contributed by atoms with Crippen molar-refractivity contribution in [3.63, 3.8) is 0 Å². The fourth-order valence-corrected chi connectivity index (χ4v) is 1.31. The lowest BCUT2D eigenvalue weighted by Crippen LogP contribution is -2.34. The fourth-order valence-electron chi connectivity index (χ4n) is 1.31. The van der Waals surface area contributed by atoms with Crippen molar-refractivity contribution < 1.29 is 9.59 Å². The molecule has 0 bridgehead atoms. The van der Waals surface area contributed by atoms with Gasteiger partial charge in [0.15, 0.2) is 0 Å². The van der Waals surface area contributed by atoms with E-state index in [2.05, 4.69) is 5.32 Å². The van der Waals surface area contributed by atoms with Crippen molar-refractivity contribution in [1.82, 2.24) is 10.2 Å². The monoisotopic (exact) mass is 170 g/mol. The lowest BCUT2D eigenvalue weighted by Gasteiger charge is -2.14. The van der Waals surface area contributed by atoms with Crippen molar-refractivity contribution in [2.45, 2.75) is 19.8 Å². The molecular formula is C8H14N2O2. The minimum atomic E-state index is -0.0401. The zero-order chi connectivity index (χ0) is 8.97. The van der Waals surface area contributed by atoms with Gasteiger partial charge in [-0.3, -0.25) is 9.59 Å². The van der Waals surface area contributed by atoms with Gasteiger partial charge in [0.2, 0.25) is 11.8 Å². The Morgan fingerprint density at radius 3 is 2.92 bits per heavy atom. The number of hydrogen-bond donors (Lipinski definition) is 1. The predicted molar refractivity (Wildman–Crippen MR) is 44.5 cm³/mol. The Morgan fingerprint density at radius 2 is 2.42 bits per heavy atom. The van der Waals surface area contributed by atoms with Gasteiger partial charge >= 0.3 is 0 Å². The molecule has 1 N–H and O–H groups in total. The van der Waals surface area contributed by atoms with E-state index in [1.54, 1.807) is 4.90 Å². The molecule has 2 amide bonds. The van der Waals surface area contributed by atoms with Crippen molar-refractivity contribution in [3.8, 4) is 0 Å². The molecule has 1 aliphatic heterocycles. The van der Waals surface area contributed by atoms with Crippen LogP contribution in [0.1, 0.15) is 19.8 Å².